The molecule has 0 aliphatic rings. The maximum absolute atomic E-state index is 13.6. The topological polar surface area (TPSA) is 116 Å². The summed E-state index contributed by atoms with van der Waals surface area (Å²) in [6.07, 6.45) is 0. The van der Waals surface area contributed by atoms with Crippen LogP contribution >= 0.6 is 0 Å². The number of hydrogen-bond acceptors (Lipinski definition) is 4. The lowest BCUT2D eigenvalue weighted by Crippen LogP contribution is -2.39. The Morgan fingerprint density at radius 3 is 2.72 bits per heavy atom. The minimum atomic E-state index is -0.714. The largest absolute Gasteiger partial charge is 0.398 e. The van der Waals surface area contributed by atoms with E-state index in [1.54, 1.807) is 6.92 Å². The minimum Gasteiger partial charge on any atom is -0.398 e. The molecule has 96 valence electrons. The molecule has 18 heavy (non-hydrogen) atoms. The normalized spacial score (nSPS) is 10.9. The molecule has 1 aromatic rings. The molecule has 0 aromatic heterocycles. The van der Waals surface area contributed by atoms with Gasteiger partial charge in [0.2, 0.25) is 5.96 Å². The van der Waals surface area contributed by atoms with Gasteiger partial charge in [-0.05, 0) is 29.8 Å². The molecule has 0 aliphatic carbocycles. The van der Waals surface area contributed by atoms with Crippen LogP contribution < -0.4 is 16.4 Å². The van der Waals surface area contributed by atoms with Crippen molar-refractivity contribution in [1.29, 1.82) is 5.53 Å². The summed E-state index contributed by atoms with van der Waals surface area (Å²) in [6.45, 7) is 1.54. The second-order valence-corrected chi connectivity index (χ2v) is 3.39. The number of carbonyl (C=O) groups is 1. The smallest absolute Gasteiger partial charge is 0.261 e. The highest BCUT2D eigenvalue weighted by Crippen LogP contribution is 2.19. The maximum atomic E-state index is 13.6. The fraction of sp³-hybridized carbons (Fsp3) is 0.200. The molecule has 0 radical (unpaired) electrons. The number of nitrogens with one attached hydrogen (secondary N) is 3. The number of rotatable bonds is 2. The van der Waals surface area contributed by atoms with Gasteiger partial charge in [-0.1, -0.05) is 5.10 Å². The number of amides is 1. The highest BCUT2D eigenvalue weighted by Gasteiger charge is 2.17. The van der Waals surface area contributed by atoms with Crippen molar-refractivity contribution in [2.24, 2.45) is 10.3 Å². The van der Waals surface area contributed by atoms with Gasteiger partial charge in [0.1, 0.15) is 5.82 Å². The average molecular weight is 252 g/mol. The zero-order valence-electron chi connectivity index (χ0n) is 9.91. The number of hydrogen-bond donors (Lipinski definition) is 4. The van der Waals surface area contributed by atoms with Crippen molar-refractivity contribution >= 4 is 17.6 Å². The van der Waals surface area contributed by atoms with Gasteiger partial charge in [-0.3, -0.25) is 10.1 Å². The highest BCUT2D eigenvalue weighted by atomic mass is 19.1. The molecule has 0 saturated heterocycles. The average Bonchev–Trinajstić information content (AvgIpc) is 2.34. The van der Waals surface area contributed by atoms with Gasteiger partial charge < -0.3 is 11.1 Å². The molecule has 0 heterocycles. The van der Waals surface area contributed by atoms with Crippen molar-refractivity contribution in [3.63, 3.8) is 0 Å². The summed E-state index contributed by atoms with van der Waals surface area (Å²) in [6, 6.07) is 2.50. The zero-order chi connectivity index (χ0) is 13.7. The first-order chi connectivity index (χ1) is 8.51. The fourth-order valence-electron chi connectivity index (χ4n) is 1.33. The van der Waals surface area contributed by atoms with Crippen LogP contribution in [0.25, 0.3) is 0 Å². The Morgan fingerprint density at radius 2 is 2.17 bits per heavy atom. The van der Waals surface area contributed by atoms with Crippen LogP contribution in [0.15, 0.2) is 22.5 Å². The third kappa shape index (κ3) is 2.78. The summed E-state index contributed by atoms with van der Waals surface area (Å²) in [7, 11) is 1.48. The van der Waals surface area contributed by atoms with Crippen LogP contribution in [0.3, 0.4) is 0 Å². The molecule has 0 bridgehead atoms. The van der Waals surface area contributed by atoms with E-state index < -0.39 is 11.7 Å². The van der Waals surface area contributed by atoms with Crippen molar-refractivity contribution in [1.82, 2.24) is 10.6 Å². The van der Waals surface area contributed by atoms with Crippen molar-refractivity contribution in [2.75, 3.05) is 12.8 Å². The van der Waals surface area contributed by atoms with E-state index in [1.165, 1.54) is 13.1 Å². The third-order valence-corrected chi connectivity index (χ3v) is 2.30. The standard InChI is InChI=1S/C10H13FN6O/c1-5-7(12)4-3-6(11)8(5)9(18)15-10(14-2)16-17-13/h3-4H,12H2,1-2H3,(H3,13,14,15,16,18). The van der Waals surface area contributed by atoms with Gasteiger partial charge in [0.25, 0.3) is 5.91 Å². The molecule has 1 rings (SSSR count). The molecule has 1 amide bonds. The maximum Gasteiger partial charge on any atom is 0.261 e. The molecule has 5 N–H and O–H groups in total. The predicted molar refractivity (Wildman–Crippen MR) is 64.7 cm³/mol. The predicted octanol–water partition coefficient (Wildman–Crippen LogP) is 0.967. The third-order valence-electron chi connectivity index (χ3n) is 2.30. The van der Waals surface area contributed by atoms with Gasteiger partial charge in [0.15, 0.2) is 0 Å². The number of anilines is 1. The fourth-order valence-corrected chi connectivity index (χ4v) is 1.33. The van der Waals surface area contributed by atoms with Gasteiger partial charge in [0.05, 0.1) is 5.56 Å². The summed E-state index contributed by atoms with van der Waals surface area (Å²) in [5.74, 6) is -1.46. The van der Waals surface area contributed by atoms with E-state index in [0.29, 0.717) is 11.3 Å². The first-order valence-electron chi connectivity index (χ1n) is 4.99. The summed E-state index contributed by atoms with van der Waals surface area (Å²) in [5, 5.41) is 10.9. The van der Waals surface area contributed by atoms with E-state index in [1.807, 2.05) is 0 Å². The monoisotopic (exact) mass is 252 g/mol. The Balaban J connectivity index is 3.08. The number of halogens is 1. The van der Waals surface area contributed by atoms with Gasteiger partial charge >= 0.3 is 0 Å². The first kappa shape index (κ1) is 13.6. The summed E-state index contributed by atoms with van der Waals surface area (Å²) in [4.78, 5) is 11.9. The van der Waals surface area contributed by atoms with Gasteiger partial charge in [0, 0.05) is 12.7 Å². The molecular formula is C10H13FN6O. The molecule has 8 heteroatoms. The Morgan fingerprint density at radius 1 is 1.50 bits per heavy atom. The molecule has 0 unspecified atom stereocenters. The Kier molecular flexibility index (Phi) is 4.30. The molecule has 0 fully saturated rings. The Labute approximate surface area is 103 Å². The number of benzene rings is 1. The molecule has 7 nitrogen and oxygen atoms in total. The minimum absolute atomic E-state index is 0.0591. The van der Waals surface area contributed by atoms with Crippen LogP contribution in [0.1, 0.15) is 15.9 Å². The molecular weight excluding hydrogens is 239 g/mol. The van der Waals surface area contributed by atoms with Crippen molar-refractivity contribution in [3.8, 4) is 0 Å². The van der Waals surface area contributed by atoms with Crippen molar-refractivity contribution in [3.05, 3.63) is 29.1 Å². The summed E-state index contributed by atoms with van der Waals surface area (Å²) in [5.41, 5.74) is 12.7. The SMILES string of the molecule is CN/C(=N\N=N)NC(=O)c1c(F)ccc(N)c1C. The highest BCUT2D eigenvalue weighted by molar-refractivity contribution is 6.07. The Bertz CT molecular complexity index is 513. The van der Waals surface area contributed by atoms with E-state index in [2.05, 4.69) is 21.0 Å². The summed E-state index contributed by atoms with van der Waals surface area (Å²) >= 11 is 0. The van der Waals surface area contributed by atoms with E-state index >= 15 is 0 Å². The van der Waals surface area contributed by atoms with E-state index in [0.717, 1.165) is 6.07 Å². The Hall–Kier alpha value is -2.51. The van der Waals surface area contributed by atoms with E-state index in [9.17, 15) is 9.18 Å². The van der Waals surface area contributed by atoms with Crippen molar-refractivity contribution in [2.45, 2.75) is 6.92 Å². The lowest BCUT2D eigenvalue weighted by molar-refractivity contribution is 0.0971. The molecule has 0 spiro atoms. The lowest BCUT2D eigenvalue weighted by atomic mass is 10.1. The van der Waals surface area contributed by atoms with E-state index in [4.69, 9.17) is 11.3 Å². The van der Waals surface area contributed by atoms with Crippen LogP contribution in [-0.2, 0) is 0 Å². The molecule has 1 aromatic carbocycles. The summed E-state index contributed by atoms with van der Waals surface area (Å²) < 4.78 is 13.6. The van der Waals surface area contributed by atoms with Gasteiger partial charge in [-0.2, -0.15) is 5.53 Å². The van der Waals surface area contributed by atoms with Crippen LogP contribution in [0, 0.1) is 18.3 Å². The lowest BCUT2D eigenvalue weighted by Gasteiger charge is -2.10. The van der Waals surface area contributed by atoms with E-state index in [-0.39, 0.29) is 11.5 Å². The molecule has 0 atom stereocenters. The molecule has 0 saturated carbocycles. The van der Waals surface area contributed by atoms with Crippen LogP contribution in [0.4, 0.5) is 10.1 Å². The van der Waals surface area contributed by atoms with Crippen LogP contribution in [0.5, 0.6) is 0 Å². The van der Waals surface area contributed by atoms with Gasteiger partial charge in [-0.15, -0.1) is 0 Å². The quantitative estimate of drug-likeness (QED) is 0.206. The van der Waals surface area contributed by atoms with Crippen LogP contribution in [-0.4, -0.2) is 18.9 Å². The van der Waals surface area contributed by atoms with Crippen molar-refractivity contribution < 1.29 is 9.18 Å². The van der Waals surface area contributed by atoms with Crippen LogP contribution in [0.2, 0.25) is 0 Å². The number of guanidine groups is 1. The zero-order valence-corrected chi connectivity index (χ0v) is 9.91. The number of carbonyl (C=O) groups excluding carboxylic acids is 1. The second kappa shape index (κ2) is 5.71. The molecule has 0 aliphatic heterocycles. The van der Waals surface area contributed by atoms with Gasteiger partial charge in [-0.25, -0.2) is 4.39 Å². The number of nitrogen functional groups attached to an aromatic ring is 1. The number of nitrogens with zero attached hydrogens (tertiary/aromatic N) is 2. The first-order valence-corrected chi connectivity index (χ1v) is 4.99. The number of nitrogens with two attached hydrogens (primary N) is 1. The second-order valence-electron chi connectivity index (χ2n) is 3.39.